The van der Waals surface area contributed by atoms with E-state index in [0.717, 1.165) is 21.7 Å². The van der Waals surface area contributed by atoms with Gasteiger partial charge in [-0.2, -0.15) is 5.10 Å². The number of hydrazone groups is 1. The van der Waals surface area contributed by atoms with Gasteiger partial charge in [0, 0.05) is 15.4 Å². The molecule has 2 rings (SSSR count). The van der Waals surface area contributed by atoms with Crippen molar-refractivity contribution in [1.82, 2.24) is 5.43 Å². The molecule has 1 heterocycles. The minimum atomic E-state index is -0.165. The van der Waals surface area contributed by atoms with Gasteiger partial charge < -0.3 is 5.32 Å². The van der Waals surface area contributed by atoms with Gasteiger partial charge in [0.25, 0.3) is 5.91 Å². The van der Waals surface area contributed by atoms with Gasteiger partial charge in [-0.15, -0.1) is 11.3 Å². The highest BCUT2D eigenvalue weighted by Crippen LogP contribution is 2.18. The van der Waals surface area contributed by atoms with Crippen LogP contribution in [0.15, 0.2) is 35.4 Å². The second-order valence-electron chi connectivity index (χ2n) is 4.86. The maximum atomic E-state index is 11.8. The Balaban J connectivity index is 1.84. The Morgan fingerprint density at radius 1 is 1.19 bits per heavy atom. The fourth-order valence-electron chi connectivity index (χ4n) is 1.99. The van der Waals surface area contributed by atoms with Gasteiger partial charge in [0.05, 0.1) is 12.8 Å². The first-order valence-electron chi connectivity index (χ1n) is 6.74. The molecule has 0 spiro atoms. The summed E-state index contributed by atoms with van der Waals surface area (Å²) < 4.78 is 0. The molecule has 0 aliphatic carbocycles. The van der Waals surface area contributed by atoms with E-state index >= 15 is 0 Å². The molecular formula is C16H19N3OS. The summed E-state index contributed by atoms with van der Waals surface area (Å²) >= 11 is 1.64. The first-order chi connectivity index (χ1) is 10.1. The molecule has 5 heteroatoms. The number of carbonyl (C=O) groups excluding carboxylic acids is 1. The lowest BCUT2D eigenvalue weighted by Gasteiger charge is -2.11. The fraction of sp³-hybridized carbons (Fsp3) is 0.250. The molecule has 0 saturated heterocycles. The molecule has 1 aromatic heterocycles. The van der Waals surface area contributed by atoms with Crippen LogP contribution in [0.2, 0.25) is 0 Å². The number of aryl methyl sites for hydroxylation is 3. The summed E-state index contributed by atoms with van der Waals surface area (Å²) in [5, 5.41) is 7.11. The average molecular weight is 301 g/mol. The third kappa shape index (κ3) is 4.43. The molecule has 1 aromatic carbocycles. The number of rotatable bonds is 5. The lowest BCUT2D eigenvalue weighted by molar-refractivity contribution is -0.119. The summed E-state index contributed by atoms with van der Waals surface area (Å²) in [5.74, 6) is -0.165. The van der Waals surface area contributed by atoms with E-state index in [0.29, 0.717) is 0 Å². The van der Waals surface area contributed by atoms with Crippen molar-refractivity contribution in [1.29, 1.82) is 0 Å². The Morgan fingerprint density at radius 3 is 2.52 bits per heavy atom. The van der Waals surface area contributed by atoms with E-state index in [4.69, 9.17) is 0 Å². The molecule has 0 saturated carbocycles. The number of thiophene rings is 1. The van der Waals surface area contributed by atoms with Crippen molar-refractivity contribution in [3.05, 3.63) is 51.2 Å². The Labute approximate surface area is 128 Å². The van der Waals surface area contributed by atoms with Crippen molar-refractivity contribution in [2.24, 2.45) is 5.10 Å². The van der Waals surface area contributed by atoms with E-state index in [1.165, 1.54) is 4.88 Å². The van der Waals surface area contributed by atoms with Crippen LogP contribution >= 0.6 is 11.3 Å². The Bertz CT molecular complexity index is 641. The summed E-state index contributed by atoms with van der Waals surface area (Å²) in [6.07, 6.45) is 1.66. The normalized spacial score (nSPS) is 10.8. The zero-order valence-electron chi connectivity index (χ0n) is 12.4. The predicted octanol–water partition coefficient (Wildman–Crippen LogP) is 3.24. The third-order valence-electron chi connectivity index (χ3n) is 3.05. The number of carbonyl (C=O) groups is 1. The second-order valence-corrected chi connectivity index (χ2v) is 6.18. The van der Waals surface area contributed by atoms with Gasteiger partial charge in [-0.25, -0.2) is 5.43 Å². The zero-order valence-corrected chi connectivity index (χ0v) is 13.3. The molecule has 0 radical (unpaired) electrons. The van der Waals surface area contributed by atoms with E-state index in [1.54, 1.807) is 17.6 Å². The minimum absolute atomic E-state index is 0.165. The molecule has 0 atom stereocenters. The van der Waals surface area contributed by atoms with Crippen molar-refractivity contribution >= 4 is 29.1 Å². The van der Waals surface area contributed by atoms with Gasteiger partial charge >= 0.3 is 0 Å². The molecular weight excluding hydrogens is 282 g/mol. The van der Waals surface area contributed by atoms with E-state index in [9.17, 15) is 4.79 Å². The highest BCUT2D eigenvalue weighted by molar-refractivity contribution is 7.13. The number of hydrogen-bond acceptors (Lipinski definition) is 4. The summed E-state index contributed by atoms with van der Waals surface area (Å²) in [4.78, 5) is 14.0. The van der Waals surface area contributed by atoms with Crippen LogP contribution in [0, 0.1) is 20.8 Å². The van der Waals surface area contributed by atoms with Gasteiger partial charge in [-0.3, -0.25) is 4.79 Å². The highest BCUT2D eigenvalue weighted by Gasteiger charge is 2.04. The second kappa shape index (κ2) is 7.04. The van der Waals surface area contributed by atoms with Crippen molar-refractivity contribution in [2.75, 3.05) is 11.9 Å². The van der Waals surface area contributed by atoms with Crippen LogP contribution in [0.5, 0.6) is 0 Å². The number of benzene rings is 1. The number of nitrogens with zero attached hydrogens (tertiary/aromatic N) is 1. The third-order valence-corrected chi connectivity index (χ3v) is 3.98. The molecule has 2 N–H and O–H groups in total. The van der Waals surface area contributed by atoms with Gasteiger partial charge in [-0.05, 0) is 44.0 Å². The summed E-state index contributed by atoms with van der Waals surface area (Å²) in [5.41, 5.74) is 5.78. The van der Waals surface area contributed by atoms with Gasteiger partial charge in [0.15, 0.2) is 0 Å². The average Bonchev–Trinajstić information content (AvgIpc) is 2.84. The molecule has 0 aliphatic heterocycles. The topological polar surface area (TPSA) is 53.5 Å². The first-order valence-corrected chi connectivity index (χ1v) is 7.56. The number of anilines is 1. The molecule has 0 bridgehead atoms. The molecule has 0 unspecified atom stereocenters. The van der Waals surface area contributed by atoms with Crippen molar-refractivity contribution in [2.45, 2.75) is 20.8 Å². The molecule has 21 heavy (non-hydrogen) atoms. The van der Waals surface area contributed by atoms with Crippen LogP contribution in [-0.4, -0.2) is 18.7 Å². The van der Waals surface area contributed by atoms with Gasteiger partial charge in [0.1, 0.15) is 0 Å². The Kier molecular flexibility index (Phi) is 5.11. The lowest BCUT2D eigenvalue weighted by Crippen LogP contribution is -2.26. The summed E-state index contributed by atoms with van der Waals surface area (Å²) in [7, 11) is 0. The van der Waals surface area contributed by atoms with E-state index in [-0.39, 0.29) is 12.5 Å². The monoisotopic (exact) mass is 301 g/mol. The van der Waals surface area contributed by atoms with Crippen LogP contribution in [-0.2, 0) is 4.79 Å². The van der Waals surface area contributed by atoms with Crippen molar-refractivity contribution in [3.63, 3.8) is 0 Å². The van der Waals surface area contributed by atoms with Crippen molar-refractivity contribution < 1.29 is 4.79 Å². The number of para-hydroxylation sites is 1. The minimum Gasteiger partial charge on any atom is -0.376 e. The fourth-order valence-corrected chi connectivity index (χ4v) is 2.74. The van der Waals surface area contributed by atoms with Gasteiger partial charge in [-0.1, -0.05) is 18.2 Å². The van der Waals surface area contributed by atoms with Crippen LogP contribution < -0.4 is 10.7 Å². The first kappa shape index (κ1) is 15.3. The van der Waals surface area contributed by atoms with E-state index in [2.05, 4.69) is 15.8 Å². The number of nitrogens with one attached hydrogen (secondary N) is 2. The van der Waals surface area contributed by atoms with E-state index < -0.39 is 0 Å². The standard InChI is InChI=1S/C16H19N3OS/c1-11-5-4-6-12(2)16(11)17-10-15(20)19-18-9-14-8-7-13(3)21-14/h4-9,17H,10H2,1-3H3,(H,19,20)/b18-9-. The Morgan fingerprint density at radius 2 is 1.90 bits per heavy atom. The Hall–Kier alpha value is -2.14. The number of hydrogen-bond donors (Lipinski definition) is 2. The van der Waals surface area contributed by atoms with Crippen molar-refractivity contribution in [3.8, 4) is 0 Å². The maximum Gasteiger partial charge on any atom is 0.259 e. The molecule has 1 amide bonds. The van der Waals surface area contributed by atoms with Crippen LogP contribution in [0.3, 0.4) is 0 Å². The van der Waals surface area contributed by atoms with E-state index in [1.807, 2.05) is 51.1 Å². The van der Waals surface area contributed by atoms with Crippen LogP contribution in [0.4, 0.5) is 5.69 Å². The molecule has 110 valence electrons. The highest BCUT2D eigenvalue weighted by atomic mass is 32.1. The largest absolute Gasteiger partial charge is 0.376 e. The quantitative estimate of drug-likeness (QED) is 0.658. The summed E-state index contributed by atoms with van der Waals surface area (Å²) in [6, 6.07) is 10.0. The van der Waals surface area contributed by atoms with Gasteiger partial charge in [0.2, 0.25) is 0 Å². The molecule has 2 aromatic rings. The smallest absolute Gasteiger partial charge is 0.259 e. The number of amides is 1. The maximum absolute atomic E-state index is 11.8. The molecule has 0 aliphatic rings. The van der Waals surface area contributed by atoms with Crippen LogP contribution in [0.25, 0.3) is 0 Å². The molecule has 0 fully saturated rings. The predicted molar refractivity (Wildman–Crippen MR) is 89.2 cm³/mol. The lowest BCUT2D eigenvalue weighted by atomic mass is 10.1. The molecule has 4 nitrogen and oxygen atoms in total. The zero-order chi connectivity index (χ0) is 15.2. The summed E-state index contributed by atoms with van der Waals surface area (Å²) in [6.45, 7) is 6.27. The SMILES string of the molecule is Cc1ccc(/C=N\NC(=O)CNc2c(C)cccc2C)s1. The van der Waals surface area contributed by atoms with Crippen LogP contribution in [0.1, 0.15) is 20.9 Å².